The predicted molar refractivity (Wildman–Crippen MR) is 112 cm³/mol. The number of hydrogen-bond acceptors (Lipinski definition) is 3. The van der Waals surface area contributed by atoms with Crippen LogP contribution in [0.25, 0.3) is 0 Å². The van der Waals surface area contributed by atoms with E-state index < -0.39 is 0 Å². The zero-order valence-electron chi connectivity index (χ0n) is 17.3. The summed E-state index contributed by atoms with van der Waals surface area (Å²) < 4.78 is 0. The lowest BCUT2D eigenvalue weighted by Gasteiger charge is -2.39. The summed E-state index contributed by atoms with van der Waals surface area (Å²) in [5, 5.41) is 3.49. The molecule has 1 aromatic carbocycles. The van der Waals surface area contributed by atoms with Crippen LogP contribution in [0, 0.1) is 5.92 Å². The molecule has 1 N–H and O–H groups in total. The Labute approximate surface area is 165 Å². The highest BCUT2D eigenvalue weighted by Gasteiger charge is 2.26. The molecular formula is C23H37N3O. The van der Waals surface area contributed by atoms with E-state index >= 15 is 0 Å². The highest BCUT2D eigenvalue weighted by molar-refractivity contribution is 5.95. The normalized spacial score (nSPS) is 22.0. The molecule has 0 saturated carbocycles. The minimum absolute atomic E-state index is 0.238. The van der Waals surface area contributed by atoms with Gasteiger partial charge in [-0.2, -0.15) is 0 Å². The van der Waals surface area contributed by atoms with Crippen LogP contribution in [0.4, 0.5) is 0 Å². The molecule has 2 fully saturated rings. The molecule has 1 atom stereocenters. The average molecular weight is 372 g/mol. The van der Waals surface area contributed by atoms with Gasteiger partial charge in [-0.25, -0.2) is 0 Å². The molecule has 2 saturated heterocycles. The number of rotatable bonds is 6. The minimum Gasteiger partial charge on any atom is -0.336 e. The standard InChI is InChI=1S/C23H37N3O/c1-3-21(4-2)25-14-16-26(17-15-25)23(27)22-10-6-5-9-20(22)18-19-8-7-12-24-13-11-19/h5-6,9-10,19,21,24H,3-4,7-8,11-18H2,1-2H3. The van der Waals surface area contributed by atoms with Crippen LogP contribution in [0.5, 0.6) is 0 Å². The first-order valence-corrected chi connectivity index (χ1v) is 11.0. The molecule has 4 nitrogen and oxygen atoms in total. The topological polar surface area (TPSA) is 35.6 Å². The van der Waals surface area contributed by atoms with E-state index in [9.17, 15) is 4.79 Å². The smallest absolute Gasteiger partial charge is 0.254 e. The average Bonchev–Trinajstić information content (AvgIpc) is 2.98. The van der Waals surface area contributed by atoms with Gasteiger partial charge >= 0.3 is 0 Å². The van der Waals surface area contributed by atoms with E-state index in [1.807, 2.05) is 12.1 Å². The first kappa shape index (κ1) is 20.3. The third-order valence-electron chi connectivity index (χ3n) is 6.51. The third kappa shape index (κ3) is 5.32. The van der Waals surface area contributed by atoms with Gasteiger partial charge in [0.2, 0.25) is 0 Å². The Hall–Kier alpha value is -1.39. The Morgan fingerprint density at radius 3 is 2.56 bits per heavy atom. The zero-order valence-corrected chi connectivity index (χ0v) is 17.3. The second kappa shape index (κ2) is 10.2. The number of amides is 1. The van der Waals surface area contributed by atoms with Gasteiger partial charge in [0.05, 0.1) is 0 Å². The van der Waals surface area contributed by atoms with Crippen molar-refractivity contribution in [2.24, 2.45) is 5.92 Å². The molecule has 2 heterocycles. The van der Waals surface area contributed by atoms with Crippen molar-refractivity contribution >= 4 is 5.91 Å². The van der Waals surface area contributed by atoms with Crippen LogP contribution in [-0.2, 0) is 6.42 Å². The largest absolute Gasteiger partial charge is 0.336 e. The second-order valence-electron chi connectivity index (χ2n) is 8.21. The van der Waals surface area contributed by atoms with Gasteiger partial charge in [0.15, 0.2) is 0 Å². The molecule has 0 aromatic heterocycles. The summed E-state index contributed by atoms with van der Waals surface area (Å²) in [7, 11) is 0. The fourth-order valence-electron chi connectivity index (χ4n) is 4.78. The number of carbonyl (C=O) groups is 1. The van der Waals surface area contributed by atoms with E-state index in [4.69, 9.17) is 0 Å². The van der Waals surface area contributed by atoms with Crippen molar-refractivity contribution < 1.29 is 4.79 Å². The van der Waals surface area contributed by atoms with Crippen LogP contribution in [0.1, 0.15) is 61.9 Å². The molecule has 2 aliphatic rings. The molecule has 150 valence electrons. The van der Waals surface area contributed by atoms with Gasteiger partial charge in [0, 0.05) is 37.8 Å². The van der Waals surface area contributed by atoms with Crippen molar-refractivity contribution in [3.63, 3.8) is 0 Å². The monoisotopic (exact) mass is 371 g/mol. The number of nitrogens with one attached hydrogen (secondary N) is 1. The third-order valence-corrected chi connectivity index (χ3v) is 6.51. The maximum absolute atomic E-state index is 13.2. The van der Waals surface area contributed by atoms with Crippen molar-refractivity contribution in [1.29, 1.82) is 0 Å². The van der Waals surface area contributed by atoms with E-state index in [-0.39, 0.29) is 5.91 Å². The summed E-state index contributed by atoms with van der Waals surface area (Å²) in [5.74, 6) is 0.933. The first-order chi connectivity index (χ1) is 13.2. The van der Waals surface area contributed by atoms with Gasteiger partial charge in [-0.1, -0.05) is 32.0 Å². The number of benzene rings is 1. The fourth-order valence-corrected chi connectivity index (χ4v) is 4.78. The summed E-state index contributed by atoms with van der Waals surface area (Å²) in [4.78, 5) is 17.9. The SMILES string of the molecule is CCC(CC)N1CCN(C(=O)c2ccccc2CC2CCCNCC2)CC1. The number of carbonyl (C=O) groups excluding carboxylic acids is 1. The maximum atomic E-state index is 13.2. The van der Waals surface area contributed by atoms with Gasteiger partial charge in [-0.3, -0.25) is 9.69 Å². The lowest BCUT2D eigenvalue weighted by atomic mass is 9.90. The van der Waals surface area contributed by atoms with Crippen molar-refractivity contribution in [1.82, 2.24) is 15.1 Å². The van der Waals surface area contributed by atoms with E-state index in [1.165, 1.54) is 37.7 Å². The summed E-state index contributed by atoms with van der Waals surface area (Å²) in [6, 6.07) is 8.99. The Morgan fingerprint density at radius 1 is 1.07 bits per heavy atom. The molecular weight excluding hydrogens is 334 g/mol. The van der Waals surface area contributed by atoms with Crippen molar-refractivity contribution in [3.05, 3.63) is 35.4 Å². The Bertz CT molecular complexity index is 583. The van der Waals surface area contributed by atoms with Gasteiger partial charge < -0.3 is 10.2 Å². The maximum Gasteiger partial charge on any atom is 0.254 e. The predicted octanol–water partition coefficient (Wildman–Crippen LogP) is 3.57. The zero-order chi connectivity index (χ0) is 19.1. The lowest BCUT2D eigenvalue weighted by molar-refractivity contribution is 0.0558. The highest BCUT2D eigenvalue weighted by atomic mass is 16.2. The van der Waals surface area contributed by atoms with Gasteiger partial charge in [-0.15, -0.1) is 0 Å². The quantitative estimate of drug-likeness (QED) is 0.830. The molecule has 3 rings (SSSR count). The first-order valence-electron chi connectivity index (χ1n) is 11.0. The summed E-state index contributed by atoms with van der Waals surface area (Å²) in [6.07, 6.45) is 7.17. The van der Waals surface area contributed by atoms with Crippen LogP contribution in [0.15, 0.2) is 24.3 Å². The molecule has 2 aliphatic heterocycles. The molecule has 0 radical (unpaired) electrons. The second-order valence-corrected chi connectivity index (χ2v) is 8.21. The van der Waals surface area contributed by atoms with E-state index in [1.54, 1.807) is 0 Å². The van der Waals surface area contributed by atoms with Gasteiger partial charge in [0.1, 0.15) is 0 Å². The van der Waals surface area contributed by atoms with Crippen molar-refractivity contribution in [2.45, 2.75) is 58.4 Å². The highest BCUT2D eigenvalue weighted by Crippen LogP contribution is 2.23. The number of piperazine rings is 1. The van der Waals surface area contributed by atoms with Gasteiger partial charge in [0.25, 0.3) is 5.91 Å². The summed E-state index contributed by atoms with van der Waals surface area (Å²) >= 11 is 0. The van der Waals surface area contributed by atoms with Gasteiger partial charge in [-0.05, 0) is 69.2 Å². The summed E-state index contributed by atoms with van der Waals surface area (Å²) in [5.41, 5.74) is 2.18. The molecule has 0 bridgehead atoms. The lowest BCUT2D eigenvalue weighted by Crippen LogP contribution is -2.51. The van der Waals surface area contributed by atoms with E-state index in [0.29, 0.717) is 12.0 Å². The molecule has 0 aliphatic carbocycles. The van der Waals surface area contributed by atoms with Crippen LogP contribution in [-0.4, -0.2) is 61.0 Å². The molecule has 1 amide bonds. The molecule has 1 aromatic rings. The van der Waals surface area contributed by atoms with Crippen LogP contribution in [0.3, 0.4) is 0 Å². The van der Waals surface area contributed by atoms with Crippen molar-refractivity contribution in [2.75, 3.05) is 39.3 Å². The molecule has 0 spiro atoms. The van der Waals surface area contributed by atoms with E-state index in [2.05, 4.69) is 41.1 Å². The molecule has 4 heteroatoms. The summed E-state index contributed by atoms with van der Waals surface area (Å²) in [6.45, 7) is 10.5. The van der Waals surface area contributed by atoms with E-state index in [0.717, 1.165) is 51.3 Å². The van der Waals surface area contributed by atoms with Crippen LogP contribution < -0.4 is 5.32 Å². The van der Waals surface area contributed by atoms with Crippen molar-refractivity contribution in [3.8, 4) is 0 Å². The molecule has 1 unspecified atom stereocenters. The minimum atomic E-state index is 0.238. The number of nitrogens with zero attached hydrogens (tertiary/aromatic N) is 2. The fraction of sp³-hybridized carbons (Fsp3) is 0.696. The Balaban J connectivity index is 1.63. The Morgan fingerprint density at radius 2 is 1.81 bits per heavy atom. The number of hydrogen-bond donors (Lipinski definition) is 1. The molecule has 27 heavy (non-hydrogen) atoms. The Kier molecular flexibility index (Phi) is 7.71. The van der Waals surface area contributed by atoms with Crippen LogP contribution in [0.2, 0.25) is 0 Å². The van der Waals surface area contributed by atoms with Crippen LogP contribution >= 0.6 is 0 Å².